The molecule has 2 rings (SSSR count). The third-order valence-corrected chi connectivity index (χ3v) is 4.93. The van der Waals surface area contributed by atoms with E-state index in [1.807, 2.05) is 25.1 Å². The summed E-state index contributed by atoms with van der Waals surface area (Å²) >= 11 is 2.15. The predicted octanol–water partition coefficient (Wildman–Crippen LogP) is 3.91. The molecule has 0 aliphatic carbocycles. The molecule has 0 atom stereocenters. The zero-order chi connectivity index (χ0) is 15.3. The van der Waals surface area contributed by atoms with Gasteiger partial charge in [-0.2, -0.15) is 0 Å². The highest BCUT2D eigenvalue weighted by Gasteiger charge is 2.18. The van der Waals surface area contributed by atoms with Crippen molar-refractivity contribution < 1.29 is 8.42 Å². The molecule has 0 amide bonds. The summed E-state index contributed by atoms with van der Waals surface area (Å²) in [7, 11) is -3.61. The Hall–Kier alpha value is -1.28. The van der Waals surface area contributed by atoms with Crippen LogP contribution in [0.3, 0.4) is 0 Å². The van der Waals surface area contributed by atoms with Gasteiger partial charge in [-0.15, -0.1) is 0 Å². The van der Waals surface area contributed by atoms with Crippen LogP contribution in [0, 0.1) is 3.57 Å². The highest BCUT2D eigenvalue weighted by atomic mass is 127. The Morgan fingerprint density at radius 2 is 1.86 bits per heavy atom. The van der Waals surface area contributed by atoms with Gasteiger partial charge in [0.1, 0.15) is 4.90 Å². The van der Waals surface area contributed by atoms with Gasteiger partial charge in [0.2, 0.25) is 0 Å². The lowest BCUT2D eigenvalue weighted by Crippen LogP contribution is -2.15. The third kappa shape index (κ3) is 4.34. The van der Waals surface area contributed by atoms with E-state index in [4.69, 9.17) is 0 Å². The van der Waals surface area contributed by atoms with Crippen LogP contribution in [0.5, 0.6) is 0 Å². The molecule has 0 unspecified atom stereocenters. The van der Waals surface area contributed by atoms with Crippen LogP contribution in [0.15, 0.2) is 53.4 Å². The lowest BCUT2D eigenvalue weighted by Gasteiger charge is -2.13. The van der Waals surface area contributed by atoms with Crippen molar-refractivity contribution in [3.63, 3.8) is 0 Å². The second-order valence-corrected chi connectivity index (χ2v) is 7.44. The summed E-state index contributed by atoms with van der Waals surface area (Å²) in [6.07, 6.45) is 0.929. The van der Waals surface area contributed by atoms with Gasteiger partial charge in [0.05, 0.1) is 5.69 Å². The fourth-order valence-corrected chi connectivity index (χ4v) is 3.65. The van der Waals surface area contributed by atoms with Gasteiger partial charge in [0.25, 0.3) is 10.0 Å². The van der Waals surface area contributed by atoms with Crippen LogP contribution in [0.2, 0.25) is 0 Å². The van der Waals surface area contributed by atoms with Crippen LogP contribution in [-0.4, -0.2) is 15.0 Å². The third-order valence-electron chi connectivity index (χ3n) is 2.82. The van der Waals surface area contributed by atoms with Gasteiger partial charge in [0.15, 0.2) is 0 Å². The SMILES string of the molecule is CCCNc1ccccc1S(=O)(=O)Nc1cccc(I)c1. The van der Waals surface area contributed by atoms with E-state index in [1.54, 1.807) is 30.3 Å². The van der Waals surface area contributed by atoms with Crippen LogP contribution in [-0.2, 0) is 10.0 Å². The minimum absolute atomic E-state index is 0.261. The van der Waals surface area contributed by atoms with Crippen molar-refractivity contribution in [1.82, 2.24) is 0 Å². The first-order chi connectivity index (χ1) is 10.0. The van der Waals surface area contributed by atoms with Crippen molar-refractivity contribution >= 4 is 44.0 Å². The predicted molar refractivity (Wildman–Crippen MR) is 95.2 cm³/mol. The summed E-state index contributed by atoms with van der Waals surface area (Å²) in [5.41, 5.74) is 1.18. The number of para-hydroxylation sites is 1. The Morgan fingerprint density at radius 3 is 2.57 bits per heavy atom. The molecule has 0 fully saturated rings. The summed E-state index contributed by atoms with van der Waals surface area (Å²) in [5.74, 6) is 0. The van der Waals surface area contributed by atoms with Crippen LogP contribution in [0.4, 0.5) is 11.4 Å². The number of benzene rings is 2. The molecule has 2 N–H and O–H groups in total. The molecule has 112 valence electrons. The molecule has 4 nitrogen and oxygen atoms in total. The molecule has 0 saturated heterocycles. The van der Waals surface area contributed by atoms with Crippen molar-refractivity contribution in [2.24, 2.45) is 0 Å². The Balaban J connectivity index is 2.31. The molecule has 0 aromatic heterocycles. The van der Waals surface area contributed by atoms with Crippen molar-refractivity contribution in [2.75, 3.05) is 16.6 Å². The Bertz CT molecular complexity index is 717. The smallest absolute Gasteiger partial charge is 0.263 e. The molecule has 21 heavy (non-hydrogen) atoms. The molecular weight excluding hydrogens is 399 g/mol. The van der Waals surface area contributed by atoms with Gasteiger partial charge in [-0.25, -0.2) is 8.42 Å². The molecule has 0 aliphatic heterocycles. The van der Waals surface area contributed by atoms with E-state index in [2.05, 4.69) is 32.6 Å². The molecule has 0 aliphatic rings. The van der Waals surface area contributed by atoms with Crippen molar-refractivity contribution in [2.45, 2.75) is 18.2 Å². The second kappa shape index (κ2) is 7.13. The maximum absolute atomic E-state index is 12.5. The normalized spacial score (nSPS) is 11.1. The fraction of sp³-hybridized carbons (Fsp3) is 0.200. The van der Waals surface area contributed by atoms with Gasteiger partial charge >= 0.3 is 0 Å². The monoisotopic (exact) mass is 416 g/mol. The summed E-state index contributed by atoms with van der Waals surface area (Å²) < 4.78 is 28.7. The summed E-state index contributed by atoms with van der Waals surface area (Å²) in [5, 5.41) is 3.15. The first kappa shape index (κ1) is 16.1. The highest BCUT2D eigenvalue weighted by Crippen LogP contribution is 2.24. The van der Waals surface area contributed by atoms with E-state index in [0.29, 0.717) is 11.4 Å². The van der Waals surface area contributed by atoms with E-state index < -0.39 is 10.0 Å². The van der Waals surface area contributed by atoms with Gasteiger partial charge < -0.3 is 5.32 Å². The maximum atomic E-state index is 12.5. The van der Waals surface area contributed by atoms with Crippen LogP contribution in [0.25, 0.3) is 0 Å². The van der Waals surface area contributed by atoms with Crippen molar-refractivity contribution in [1.29, 1.82) is 0 Å². The van der Waals surface area contributed by atoms with Gasteiger partial charge in [-0.05, 0) is 59.3 Å². The summed E-state index contributed by atoms with van der Waals surface area (Å²) in [6, 6.07) is 14.2. The number of anilines is 2. The molecule has 0 heterocycles. The Labute approximate surface area is 139 Å². The van der Waals surface area contributed by atoms with Gasteiger partial charge in [0, 0.05) is 15.8 Å². The lowest BCUT2D eigenvalue weighted by atomic mass is 10.3. The molecular formula is C15H17IN2O2S. The number of halogens is 1. The Kier molecular flexibility index (Phi) is 5.46. The van der Waals surface area contributed by atoms with Crippen LogP contribution < -0.4 is 10.0 Å². The van der Waals surface area contributed by atoms with Crippen LogP contribution >= 0.6 is 22.6 Å². The topological polar surface area (TPSA) is 58.2 Å². The quantitative estimate of drug-likeness (QED) is 0.703. The van der Waals surface area contributed by atoms with Crippen LogP contribution in [0.1, 0.15) is 13.3 Å². The molecule has 0 spiro atoms. The minimum atomic E-state index is -3.61. The second-order valence-electron chi connectivity index (χ2n) is 4.54. The van der Waals surface area contributed by atoms with E-state index in [0.717, 1.165) is 16.5 Å². The fourth-order valence-electron chi connectivity index (χ4n) is 1.87. The van der Waals surface area contributed by atoms with E-state index >= 15 is 0 Å². The van der Waals surface area contributed by atoms with E-state index in [1.165, 1.54) is 0 Å². The average molecular weight is 416 g/mol. The standard InChI is InChI=1S/C15H17IN2O2S/c1-2-10-17-14-8-3-4-9-15(14)21(19,20)18-13-7-5-6-12(16)11-13/h3-9,11,17-18H,2,10H2,1H3. The molecule has 0 saturated carbocycles. The van der Waals surface area contributed by atoms with E-state index in [-0.39, 0.29) is 4.90 Å². The highest BCUT2D eigenvalue weighted by molar-refractivity contribution is 14.1. The maximum Gasteiger partial charge on any atom is 0.263 e. The van der Waals surface area contributed by atoms with Crippen molar-refractivity contribution in [3.05, 3.63) is 52.1 Å². The van der Waals surface area contributed by atoms with E-state index in [9.17, 15) is 8.42 Å². The molecule has 0 bridgehead atoms. The number of sulfonamides is 1. The zero-order valence-corrected chi connectivity index (χ0v) is 14.6. The molecule has 6 heteroatoms. The first-order valence-electron chi connectivity index (χ1n) is 6.64. The van der Waals surface area contributed by atoms with Crippen molar-refractivity contribution in [3.8, 4) is 0 Å². The largest absolute Gasteiger partial charge is 0.384 e. The van der Waals surface area contributed by atoms with Gasteiger partial charge in [-0.1, -0.05) is 25.1 Å². The number of rotatable bonds is 6. The first-order valence-corrected chi connectivity index (χ1v) is 9.20. The molecule has 2 aromatic carbocycles. The number of hydrogen-bond acceptors (Lipinski definition) is 3. The van der Waals surface area contributed by atoms with Gasteiger partial charge in [-0.3, -0.25) is 4.72 Å². The number of hydrogen-bond donors (Lipinski definition) is 2. The lowest BCUT2D eigenvalue weighted by molar-refractivity contribution is 0.601. The average Bonchev–Trinajstić information content (AvgIpc) is 2.45. The number of nitrogens with one attached hydrogen (secondary N) is 2. The molecule has 2 aromatic rings. The Morgan fingerprint density at radius 1 is 1.10 bits per heavy atom. The summed E-state index contributed by atoms with van der Waals surface area (Å²) in [6.45, 7) is 2.77. The molecule has 0 radical (unpaired) electrons. The zero-order valence-electron chi connectivity index (χ0n) is 11.6. The minimum Gasteiger partial charge on any atom is -0.384 e. The summed E-state index contributed by atoms with van der Waals surface area (Å²) in [4.78, 5) is 0.261.